The summed E-state index contributed by atoms with van der Waals surface area (Å²) in [6, 6.07) is 16.2. The average Bonchev–Trinajstić information content (AvgIpc) is 2.73. The molecule has 7 nitrogen and oxygen atoms in total. The maximum absolute atomic E-state index is 11.9. The van der Waals surface area contributed by atoms with E-state index in [1.165, 1.54) is 0 Å². The molecule has 9 heteroatoms. The fraction of sp³-hybridized carbons (Fsp3) is 0.0476. The second-order valence-electron chi connectivity index (χ2n) is 6.38. The largest absolute Gasteiger partial charge is 0.476 e. The van der Waals surface area contributed by atoms with E-state index in [4.69, 9.17) is 0 Å². The van der Waals surface area contributed by atoms with Gasteiger partial charge in [0.05, 0.1) is 0 Å². The van der Waals surface area contributed by atoms with Gasteiger partial charge in [-0.25, -0.2) is 14.8 Å². The number of nitrogens with zero attached hydrogens (tertiary/aromatic N) is 3. The maximum Gasteiger partial charge on any atom is 0.355 e. The highest BCUT2D eigenvalue weighted by molar-refractivity contribution is 9.10. The van der Waals surface area contributed by atoms with Crippen LogP contribution in [0.2, 0.25) is 0 Å². The Balaban J connectivity index is 1.78. The summed E-state index contributed by atoms with van der Waals surface area (Å²) in [6.45, 7) is 0. The minimum Gasteiger partial charge on any atom is -0.476 e. The summed E-state index contributed by atoms with van der Waals surface area (Å²) < 4.78 is 12.4. The smallest absolute Gasteiger partial charge is 0.355 e. The monoisotopic (exact) mass is 482 g/mol. The molecule has 150 valence electrons. The lowest BCUT2D eigenvalue weighted by molar-refractivity contribution is 0.0692. The first-order valence-electron chi connectivity index (χ1n) is 8.79. The molecule has 30 heavy (non-hydrogen) atoms. The van der Waals surface area contributed by atoms with E-state index < -0.39 is 16.8 Å². The molecule has 0 radical (unpaired) electrons. The van der Waals surface area contributed by atoms with Crippen LogP contribution in [0.4, 0.5) is 11.6 Å². The predicted molar refractivity (Wildman–Crippen MR) is 119 cm³/mol. The van der Waals surface area contributed by atoms with E-state index in [0.29, 0.717) is 21.5 Å². The number of hydrogen-bond donors (Lipinski definition) is 2. The zero-order valence-corrected chi connectivity index (χ0v) is 18.1. The molecule has 2 heterocycles. The number of anilines is 2. The lowest BCUT2D eigenvalue weighted by atomic mass is 10.0. The number of rotatable bonds is 5. The number of nitrogens with one attached hydrogen (secondary N) is 1. The molecule has 0 amide bonds. The first-order chi connectivity index (χ1) is 14.4. The topological polar surface area (TPSA) is 105 Å². The van der Waals surface area contributed by atoms with Crippen LogP contribution in [-0.4, -0.2) is 36.5 Å². The fourth-order valence-electron chi connectivity index (χ4n) is 2.95. The first-order valence-corrected chi connectivity index (χ1v) is 11.1. The lowest BCUT2D eigenvalue weighted by Crippen LogP contribution is -2.06. The van der Waals surface area contributed by atoms with Crippen molar-refractivity contribution < 1.29 is 14.1 Å². The van der Waals surface area contributed by atoms with E-state index in [1.807, 2.05) is 24.3 Å². The Hall–Kier alpha value is -3.17. The van der Waals surface area contributed by atoms with Crippen LogP contribution in [0.5, 0.6) is 0 Å². The molecule has 2 aromatic heterocycles. The van der Waals surface area contributed by atoms with Crippen LogP contribution in [0.15, 0.2) is 70.2 Å². The molecule has 0 saturated carbocycles. The molecule has 0 aliphatic heterocycles. The van der Waals surface area contributed by atoms with E-state index in [1.54, 1.807) is 42.8 Å². The average molecular weight is 483 g/mol. The first kappa shape index (κ1) is 20.1. The quantitative estimate of drug-likeness (QED) is 0.426. The number of hydrogen-bond acceptors (Lipinski definition) is 6. The molecule has 0 aliphatic rings. The van der Waals surface area contributed by atoms with Gasteiger partial charge in [-0.3, -0.25) is 4.21 Å². The third kappa shape index (κ3) is 4.07. The fourth-order valence-corrected chi connectivity index (χ4v) is 4.01. The van der Waals surface area contributed by atoms with Gasteiger partial charge in [0.25, 0.3) is 0 Å². The molecule has 4 aromatic rings. The van der Waals surface area contributed by atoms with E-state index in [0.717, 1.165) is 10.0 Å². The van der Waals surface area contributed by atoms with Gasteiger partial charge in [0.1, 0.15) is 0 Å². The van der Waals surface area contributed by atoms with Gasteiger partial charge in [0, 0.05) is 49.3 Å². The number of halogens is 1. The zero-order chi connectivity index (χ0) is 21.3. The predicted octanol–water partition coefficient (Wildman–Crippen LogP) is 4.63. The van der Waals surface area contributed by atoms with Crippen LogP contribution in [-0.2, 0) is 10.8 Å². The minimum atomic E-state index is -1.14. The van der Waals surface area contributed by atoms with Gasteiger partial charge >= 0.3 is 5.97 Å². The normalized spacial score (nSPS) is 11.9. The number of fused-ring (bicyclic) bond motifs is 1. The Morgan fingerprint density at radius 2 is 1.87 bits per heavy atom. The highest BCUT2D eigenvalue weighted by Gasteiger charge is 2.18. The molecule has 2 aromatic carbocycles. The van der Waals surface area contributed by atoms with Crippen molar-refractivity contribution in [1.29, 1.82) is 0 Å². The number of pyridine rings is 1. The summed E-state index contributed by atoms with van der Waals surface area (Å²) in [5, 5.41) is 13.4. The van der Waals surface area contributed by atoms with Crippen molar-refractivity contribution in [2.75, 3.05) is 11.6 Å². The molecule has 0 saturated heterocycles. The van der Waals surface area contributed by atoms with E-state index in [9.17, 15) is 14.1 Å². The standard InChI is InChI=1S/C21H15BrN4O3S/c1-30(29)14-6-4-5-13(10-14)24-21-23-11-12-9-16(15-7-2-3-8-17(15)22)18(20(27)28)25-19(12)26-21/h2-11H,1H3,(H,27,28)(H,23,24,25,26). The molecular weight excluding hydrogens is 468 g/mol. The van der Waals surface area contributed by atoms with Crippen molar-refractivity contribution in [2.45, 2.75) is 4.90 Å². The van der Waals surface area contributed by atoms with Crippen molar-refractivity contribution in [3.63, 3.8) is 0 Å². The Morgan fingerprint density at radius 1 is 1.07 bits per heavy atom. The molecule has 0 bridgehead atoms. The highest BCUT2D eigenvalue weighted by Crippen LogP contribution is 2.32. The molecule has 4 rings (SSSR count). The molecule has 0 fully saturated rings. The van der Waals surface area contributed by atoms with Crippen LogP contribution in [0, 0.1) is 0 Å². The second-order valence-corrected chi connectivity index (χ2v) is 8.62. The van der Waals surface area contributed by atoms with Crippen molar-refractivity contribution in [3.05, 3.63) is 71.0 Å². The molecule has 2 N–H and O–H groups in total. The van der Waals surface area contributed by atoms with E-state index in [-0.39, 0.29) is 17.3 Å². The van der Waals surface area contributed by atoms with Gasteiger partial charge in [-0.2, -0.15) is 4.98 Å². The SMILES string of the molecule is CS(=O)c1cccc(Nc2ncc3cc(-c4ccccc4Br)c(C(=O)O)nc3n2)c1. The molecule has 1 unspecified atom stereocenters. The number of carbonyl (C=O) groups is 1. The van der Waals surface area contributed by atoms with Crippen LogP contribution in [0.1, 0.15) is 10.5 Å². The van der Waals surface area contributed by atoms with Crippen LogP contribution in [0.3, 0.4) is 0 Å². The van der Waals surface area contributed by atoms with E-state index >= 15 is 0 Å². The number of carboxylic acids is 1. The summed E-state index contributed by atoms with van der Waals surface area (Å²) in [7, 11) is -1.11. The molecular formula is C21H15BrN4O3S. The van der Waals surface area contributed by atoms with Gasteiger partial charge in [0.15, 0.2) is 11.3 Å². The molecule has 0 aliphatic carbocycles. The van der Waals surface area contributed by atoms with Gasteiger partial charge in [-0.05, 0) is 35.9 Å². The van der Waals surface area contributed by atoms with Gasteiger partial charge in [-0.1, -0.05) is 40.2 Å². The van der Waals surface area contributed by atoms with Crippen LogP contribution < -0.4 is 5.32 Å². The second kappa shape index (κ2) is 8.29. The zero-order valence-electron chi connectivity index (χ0n) is 15.7. The number of aromatic nitrogens is 3. The third-order valence-electron chi connectivity index (χ3n) is 4.36. The van der Waals surface area contributed by atoms with Gasteiger partial charge < -0.3 is 10.4 Å². The van der Waals surface area contributed by atoms with Crippen molar-refractivity contribution in [2.24, 2.45) is 0 Å². The number of aromatic carboxylic acids is 1. The summed E-state index contributed by atoms with van der Waals surface area (Å²) in [6.07, 6.45) is 3.19. The number of benzene rings is 2. The van der Waals surface area contributed by atoms with Crippen molar-refractivity contribution in [3.8, 4) is 11.1 Å². The third-order valence-corrected chi connectivity index (χ3v) is 5.97. The maximum atomic E-state index is 11.9. The summed E-state index contributed by atoms with van der Waals surface area (Å²) in [5.74, 6) is -0.882. The minimum absolute atomic E-state index is 0.0950. The lowest BCUT2D eigenvalue weighted by Gasteiger charge is -2.10. The van der Waals surface area contributed by atoms with Crippen LogP contribution in [0.25, 0.3) is 22.2 Å². The van der Waals surface area contributed by atoms with Crippen molar-refractivity contribution in [1.82, 2.24) is 15.0 Å². The summed E-state index contributed by atoms with van der Waals surface area (Å²) >= 11 is 3.46. The number of carboxylic acid groups (broad SMARTS) is 1. The Bertz CT molecular complexity index is 1310. The van der Waals surface area contributed by atoms with Crippen LogP contribution >= 0.6 is 15.9 Å². The van der Waals surface area contributed by atoms with Gasteiger partial charge in [0.2, 0.25) is 5.95 Å². The van der Waals surface area contributed by atoms with E-state index in [2.05, 4.69) is 36.2 Å². The van der Waals surface area contributed by atoms with Gasteiger partial charge in [-0.15, -0.1) is 0 Å². The Labute approximate surface area is 182 Å². The highest BCUT2D eigenvalue weighted by atomic mass is 79.9. The van der Waals surface area contributed by atoms with Crippen molar-refractivity contribution >= 4 is 55.4 Å². The molecule has 0 spiro atoms. The Kier molecular flexibility index (Phi) is 5.56. The molecule has 1 atom stereocenters. The Morgan fingerprint density at radius 3 is 2.60 bits per heavy atom. The summed E-state index contributed by atoms with van der Waals surface area (Å²) in [5.41, 5.74) is 2.03. The summed E-state index contributed by atoms with van der Waals surface area (Å²) in [4.78, 5) is 25.5.